The van der Waals surface area contributed by atoms with E-state index in [-0.39, 0.29) is 23.7 Å². The zero-order valence-corrected chi connectivity index (χ0v) is 16.8. The molecular weight excluding hydrogens is 398 g/mol. The molecule has 2 amide bonds. The van der Waals surface area contributed by atoms with Crippen molar-refractivity contribution in [2.45, 2.75) is 13.3 Å². The van der Waals surface area contributed by atoms with Gasteiger partial charge in [-0.15, -0.1) is 0 Å². The normalized spacial score (nSPS) is 12.7. The highest BCUT2D eigenvalue weighted by atomic mass is 35.5. The molecule has 1 aliphatic rings. The first-order valence-electron chi connectivity index (χ1n) is 9.10. The molecule has 0 spiro atoms. The summed E-state index contributed by atoms with van der Waals surface area (Å²) in [4.78, 5) is 38.1. The zero-order chi connectivity index (χ0) is 21.0. The van der Waals surface area contributed by atoms with Crippen LogP contribution >= 0.6 is 11.6 Å². The lowest BCUT2D eigenvalue weighted by Gasteiger charge is -2.15. The summed E-state index contributed by atoms with van der Waals surface area (Å²) in [5.74, 6) is -0.770. The molecule has 7 nitrogen and oxygen atoms in total. The van der Waals surface area contributed by atoms with E-state index in [1.54, 1.807) is 24.3 Å². The van der Waals surface area contributed by atoms with Gasteiger partial charge in [-0.05, 0) is 30.7 Å². The zero-order valence-electron chi connectivity index (χ0n) is 16.1. The van der Waals surface area contributed by atoms with Gasteiger partial charge >= 0.3 is 5.97 Å². The number of halogens is 1. The number of esters is 1. The molecule has 0 unspecified atom stereocenters. The molecule has 8 heteroatoms. The van der Waals surface area contributed by atoms with E-state index in [2.05, 4.69) is 0 Å². The summed E-state index contributed by atoms with van der Waals surface area (Å²) in [6, 6.07) is 9.48. The predicted molar refractivity (Wildman–Crippen MR) is 106 cm³/mol. The van der Waals surface area contributed by atoms with Gasteiger partial charge in [0.1, 0.15) is 6.61 Å². The molecule has 0 atom stereocenters. The fourth-order valence-corrected chi connectivity index (χ4v) is 3.20. The van der Waals surface area contributed by atoms with Crippen LogP contribution in [0.1, 0.15) is 44.4 Å². The molecule has 0 aliphatic carbocycles. The summed E-state index contributed by atoms with van der Waals surface area (Å²) in [7, 11) is 1.45. The Kier molecular flexibility index (Phi) is 6.39. The number of carbonyl (C=O) groups excluding carboxylic acids is 3. The number of ether oxygens (including phenoxy) is 3. The highest BCUT2D eigenvalue weighted by Gasteiger charge is 2.34. The number of hydrogen-bond donors (Lipinski definition) is 0. The number of benzene rings is 2. The Bertz CT molecular complexity index is 923. The highest BCUT2D eigenvalue weighted by Crippen LogP contribution is 2.36. The predicted octanol–water partition coefficient (Wildman–Crippen LogP) is 3.59. The molecule has 3 rings (SSSR count). The van der Waals surface area contributed by atoms with Gasteiger partial charge in [-0.25, -0.2) is 4.79 Å². The standard InChI is InChI=1S/C21H20ClNO6/c1-3-9-28-18-16(22)11-13(12-17(18)27-2)21(26)29-10-8-23-19(24)14-6-4-5-7-15(14)20(23)25/h4-7,11-12H,3,8-10H2,1-2H3. The Morgan fingerprint density at radius 1 is 1.07 bits per heavy atom. The van der Waals surface area contributed by atoms with E-state index in [9.17, 15) is 14.4 Å². The van der Waals surface area contributed by atoms with Crippen LogP contribution in [0.2, 0.25) is 5.02 Å². The second kappa shape index (κ2) is 8.96. The van der Waals surface area contributed by atoms with Crippen molar-refractivity contribution in [3.05, 3.63) is 58.1 Å². The van der Waals surface area contributed by atoms with Crippen LogP contribution in [0.15, 0.2) is 36.4 Å². The van der Waals surface area contributed by atoms with Crippen molar-refractivity contribution in [1.29, 1.82) is 0 Å². The second-order valence-corrected chi connectivity index (χ2v) is 6.69. The molecule has 0 N–H and O–H groups in total. The maximum Gasteiger partial charge on any atom is 0.338 e. The Labute approximate surface area is 173 Å². The van der Waals surface area contributed by atoms with E-state index in [1.165, 1.54) is 19.2 Å². The topological polar surface area (TPSA) is 82.1 Å². The molecule has 0 aromatic heterocycles. The van der Waals surface area contributed by atoms with Crippen LogP contribution in [0.4, 0.5) is 0 Å². The first kappa shape index (κ1) is 20.7. The fourth-order valence-electron chi connectivity index (χ4n) is 2.94. The Hall–Kier alpha value is -3.06. The Morgan fingerprint density at radius 3 is 2.31 bits per heavy atom. The van der Waals surface area contributed by atoms with Gasteiger partial charge in [0.25, 0.3) is 11.8 Å². The smallest absolute Gasteiger partial charge is 0.338 e. The SMILES string of the molecule is CCCOc1c(Cl)cc(C(=O)OCCN2C(=O)c3ccccc3C2=O)cc1OC. The maximum absolute atomic E-state index is 12.4. The minimum absolute atomic E-state index is 0.0410. The molecule has 2 aromatic rings. The summed E-state index contributed by atoms with van der Waals surface area (Å²) in [5.41, 5.74) is 0.879. The lowest BCUT2D eigenvalue weighted by Crippen LogP contribution is -2.33. The molecule has 0 saturated carbocycles. The summed E-state index contributed by atoms with van der Waals surface area (Å²) < 4.78 is 16.0. The molecular formula is C21H20ClNO6. The first-order chi connectivity index (χ1) is 14.0. The number of hydrogen-bond acceptors (Lipinski definition) is 6. The molecule has 1 heterocycles. The third-order valence-corrected chi connectivity index (χ3v) is 4.62. The molecule has 0 radical (unpaired) electrons. The summed E-state index contributed by atoms with van der Waals surface area (Å²) >= 11 is 6.21. The molecule has 0 bridgehead atoms. The molecule has 29 heavy (non-hydrogen) atoms. The van der Waals surface area contributed by atoms with Crippen molar-refractivity contribution in [3.8, 4) is 11.5 Å². The van der Waals surface area contributed by atoms with Gasteiger partial charge in [0.05, 0.1) is 42.0 Å². The third kappa shape index (κ3) is 4.19. The second-order valence-electron chi connectivity index (χ2n) is 6.28. The van der Waals surface area contributed by atoms with Crippen LogP contribution in [0.5, 0.6) is 11.5 Å². The van der Waals surface area contributed by atoms with Gasteiger partial charge in [-0.1, -0.05) is 30.7 Å². The molecule has 0 fully saturated rings. The van der Waals surface area contributed by atoms with E-state index in [1.807, 2.05) is 6.92 Å². The summed E-state index contributed by atoms with van der Waals surface area (Å²) in [5, 5.41) is 0.227. The van der Waals surface area contributed by atoms with Crippen LogP contribution in [0.3, 0.4) is 0 Å². The van der Waals surface area contributed by atoms with Gasteiger partial charge < -0.3 is 14.2 Å². The van der Waals surface area contributed by atoms with Crippen molar-refractivity contribution in [1.82, 2.24) is 4.90 Å². The van der Waals surface area contributed by atoms with Crippen molar-refractivity contribution in [2.24, 2.45) is 0 Å². The lowest BCUT2D eigenvalue weighted by atomic mass is 10.1. The van der Waals surface area contributed by atoms with E-state index in [4.69, 9.17) is 25.8 Å². The Morgan fingerprint density at radius 2 is 1.72 bits per heavy atom. The average molecular weight is 418 g/mol. The lowest BCUT2D eigenvalue weighted by molar-refractivity contribution is 0.0420. The quantitative estimate of drug-likeness (QED) is 0.482. The van der Waals surface area contributed by atoms with Crippen LogP contribution in [-0.4, -0.2) is 49.6 Å². The van der Waals surface area contributed by atoms with Crippen molar-refractivity contribution in [2.75, 3.05) is 26.9 Å². The summed E-state index contributed by atoms with van der Waals surface area (Å²) in [6.07, 6.45) is 0.793. The van der Waals surface area contributed by atoms with E-state index < -0.39 is 17.8 Å². The van der Waals surface area contributed by atoms with Crippen molar-refractivity contribution in [3.63, 3.8) is 0 Å². The Balaban J connectivity index is 1.64. The van der Waals surface area contributed by atoms with E-state index in [0.29, 0.717) is 29.2 Å². The number of rotatable bonds is 8. The number of nitrogens with zero attached hydrogens (tertiary/aromatic N) is 1. The van der Waals surface area contributed by atoms with Crippen LogP contribution in [0, 0.1) is 0 Å². The van der Waals surface area contributed by atoms with Gasteiger partial charge in [-0.3, -0.25) is 14.5 Å². The van der Waals surface area contributed by atoms with E-state index >= 15 is 0 Å². The van der Waals surface area contributed by atoms with Crippen LogP contribution in [0.25, 0.3) is 0 Å². The molecule has 0 saturated heterocycles. The van der Waals surface area contributed by atoms with E-state index in [0.717, 1.165) is 11.3 Å². The number of amides is 2. The molecule has 2 aromatic carbocycles. The van der Waals surface area contributed by atoms with Crippen LogP contribution < -0.4 is 9.47 Å². The fraction of sp³-hybridized carbons (Fsp3) is 0.286. The van der Waals surface area contributed by atoms with Gasteiger partial charge in [-0.2, -0.15) is 0 Å². The van der Waals surface area contributed by atoms with Gasteiger partial charge in [0, 0.05) is 0 Å². The number of imide groups is 1. The minimum Gasteiger partial charge on any atom is -0.493 e. The highest BCUT2D eigenvalue weighted by molar-refractivity contribution is 6.32. The van der Waals surface area contributed by atoms with Crippen molar-refractivity contribution >= 4 is 29.4 Å². The largest absolute Gasteiger partial charge is 0.493 e. The summed E-state index contributed by atoms with van der Waals surface area (Å²) in [6.45, 7) is 2.24. The maximum atomic E-state index is 12.4. The monoisotopic (exact) mass is 417 g/mol. The number of methoxy groups -OCH3 is 1. The van der Waals surface area contributed by atoms with Crippen LogP contribution in [-0.2, 0) is 4.74 Å². The van der Waals surface area contributed by atoms with Gasteiger partial charge in [0.15, 0.2) is 11.5 Å². The molecule has 1 aliphatic heterocycles. The first-order valence-corrected chi connectivity index (χ1v) is 9.48. The number of fused-ring (bicyclic) bond motifs is 1. The third-order valence-electron chi connectivity index (χ3n) is 4.34. The number of carbonyl (C=O) groups is 3. The average Bonchev–Trinajstić information content (AvgIpc) is 2.97. The van der Waals surface area contributed by atoms with Gasteiger partial charge in [0.2, 0.25) is 0 Å². The minimum atomic E-state index is -0.649. The van der Waals surface area contributed by atoms with Crippen molar-refractivity contribution < 1.29 is 28.6 Å². The molecule has 152 valence electrons.